The zero-order valence-corrected chi connectivity index (χ0v) is 11.1. The number of carboxylic acid groups (broad SMARTS) is 1. The fourth-order valence-electron chi connectivity index (χ4n) is 1.33. The molecule has 2 rings (SSSR count). The predicted octanol–water partition coefficient (Wildman–Crippen LogP) is 1.51. The lowest BCUT2D eigenvalue weighted by Crippen LogP contribution is -2.05. The van der Waals surface area contributed by atoms with Crippen LogP contribution in [0.5, 0.6) is 0 Å². The average molecular weight is 291 g/mol. The van der Waals surface area contributed by atoms with Crippen LogP contribution in [0.2, 0.25) is 0 Å². The molecule has 0 spiro atoms. The van der Waals surface area contributed by atoms with Gasteiger partial charge in [-0.15, -0.1) is 0 Å². The van der Waals surface area contributed by atoms with Gasteiger partial charge in [0.05, 0.1) is 25.1 Å². The van der Waals surface area contributed by atoms with Crippen LogP contribution < -0.4 is 0 Å². The molecule has 0 aliphatic rings. The van der Waals surface area contributed by atoms with Crippen molar-refractivity contribution in [3.63, 3.8) is 0 Å². The monoisotopic (exact) mass is 291 g/mol. The summed E-state index contributed by atoms with van der Waals surface area (Å²) in [4.78, 5) is 34.3. The maximum atomic E-state index is 11.3. The van der Waals surface area contributed by atoms with E-state index >= 15 is 0 Å². The molecular weight excluding hydrogens is 282 g/mol. The first-order chi connectivity index (χ1) is 9.61. The molecule has 0 fully saturated rings. The highest BCUT2D eigenvalue weighted by molar-refractivity contribution is 7.99. The number of pyridine rings is 1. The van der Waals surface area contributed by atoms with Crippen molar-refractivity contribution in [2.75, 3.05) is 7.11 Å². The highest BCUT2D eigenvalue weighted by Gasteiger charge is 2.14. The third-order valence-electron chi connectivity index (χ3n) is 2.21. The number of methoxy groups -OCH3 is 1. The summed E-state index contributed by atoms with van der Waals surface area (Å²) in [6.07, 6.45) is 4.16. The van der Waals surface area contributed by atoms with Gasteiger partial charge < -0.3 is 9.84 Å². The second kappa shape index (κ2) is 6.11. The van der Waals surface area contributed by atoms with Crippen molar-refractivity contribution in [1.82, 2.24) is 15.0 Å². The van der Waals surface area contributed by atoms with Crippen molar-refractivity contribution in [1.29, 1.82) is 0 Å². The van der Waals surface area contributed by atoms with Crippen molar-refractivity contribution in [3.8, 4) is 0 Å². The lowest BCUT2D eigenvalue weighted by atomic mass is 10.3. The topological polar surface area (TPSA) is 102 Å². The minimum atomic E-state index is -1.09. The Bertz CT molecular complexity index is 663. The summed E-state index contributed by atoms with van der Waals surface area (Å²) >= 11 is 1.01. The summed E-state index contributed by atoms with van der Waals surface area (Å²) < 4.78 is 4.54. The number of rotatable bonds is 4. The Balaban J connectivity index is 2.31. The van der Waals surface area contributed by atoms with E-state index in [0.717, 1.165) is 11.8 Å². The normalized spacial score (nSPS) is 10.1. The average Bonchev–Trinajstić information content (AvgIpc) is 2.47. The summed E-state index contributed by atoms with van der Waals surface area (Å²) in [5.74, 6) is -1.70. The van der Waals surface area contributed by atoms with Crippen LogP contribution in [0.15, 0.2) is 40.8 Å². The lowest BCUT2D eigenvalue weighted by Gasteiger charge is -2.04. The first-order valence-electron chi connectivity index (χ1n) is 5.38. The summed E-state index contributed by atoms with van der Waals surface area (Å²) in [5.41, 5.74) is 0.105. The molecule has 102 valence electrons. The van der Waals surface area contributed by atoms with Crippen LogP contribution in [0.3, 0.4) is 0 Å². The molecule has 0 saturated heterocycles. The molecule has 0 saturated carbocycles. The molecule has 2 heterocycles. The summed E-state index contributed by atoms with van der Waals surface area (Å²) in [6, 6.07) is 2.97. The predicted molar refractivity (Wildman–Crippen MR) is 68.7 cm³/mol. The Kier molecular flexibility index (Phi) is 4.26. The number of ether oxygens (including phenoxy) is 1. The Morgan fingerprint density at radius 3 is 2.85 bits per heavy atom. The standard InChI is InChI=1S/C12H9N3O4S/c1-19-12(18)8-5-13-6-9(15-8)20-10-7(11(16)17)3-2-4-14-10/h2-6H,1H3,(H,16,17). The third-order valence-corrected chi connectivity index (χ3v) is 3.13. The van der Waals surface area contributed by atoms with Gasteiger partial charge in [0.2, 0.25) is 0 Å². The summed E-state index contributed by atoms with van der Waals surface area (Å²) in [7, 11) is 1.24. The Hall–Kier alpha value is -2.48. The van der Waals surface area contributed by atoms with Crippen molar-refractivity contribution < 1.29 is 19.4 Å². The second-order valence-electron chi connectivity index (χ2n) is 3.50. The molecular formula is C12H9N3O4S. The van der Waals surface area contributed by atoms with Gasteiger partial charge >= 0.3 is 11.9 Å². The molecule has 1 N–H and O–H groups in total. The molecule has 0 aliphatic carbocycles. The molecule has 0 radical (unpaired) electrons. The number of aromatic nitrogens is 3. The van der Waals surface area contributed by atoms with Gasteiger partial charge in [-0.1, -0.05) is 0 Å². The van der Waals surface area contributed by atoms with E-state index < -0.39 is 11.9 Å². The van der Waals surface area contributed by atoms with Crippen LogP contribution in [0.25, 0.3) is 0 Å². The second-order valence-corrected chi connectivity index (χ2v) is 4.51. The maximum Gasteiger partial charge on any atom is 0.358 e. The van der Waals surface area contributed by atoms with E-state index in [1.165, 1.54) is 37.8 Å². The number of esters is 1. The molecule has 20 heavy (non-hydrogen) atoms. The molecule has 0 atom stereocenters. The van der Waals surface area contributed by atoms with Crippen molar-refractivity contribution in [2.24, 2.45) is 0 Å². The Morgan fingerprint density at radius 1 is 1.35 bits per heavy atom. The molecule has 7 nitrogen and oxygen atoms in total. The van der Waals surface area contributed by atoms with Crippen LogP contribution >= 0.6 is 11.8 Å². The smallest absolute Gasteiger partial charge is 0.358 e. The lowest BCUT2D eigenvalue weighted by molar-refractivity contribution is 0.0591. The van der Waals surface area contributed by atoms with Crippen molar-refractivity contribution in [3.05, 3.63) is 42.0 Å². The minimum absolute atomic E-state index is 0.0466. The van der Waals surface area contributed by atoms with E-state index in [-0.39, 0.29) is 16.3 Å². The van der Waals surface area contributed by atoms with Gasteiger partial charge in [-0.25, -0.2) is 19.6 Å². The number of carboxylic acids is 1. The number of hydrogen-bond donors (Lipinski definition) is 1. The molecule has 0 aromatic carbocycles. The van der Waals surface area contributed by atoms with E-state index in [9.17, 15) is 9.59 Å². The zero-order valence-electron chi connectivity index (χ0n) is 10.3. The first-order valence-corrected chi connectivity index (χ1v) is 6.20. The third kappa shape index (κ3) is 3.09. The zero-order chi connectivity index (χ0) is 14.5. The number of carbonyl (C=O) groups is 2. The molecule has 0 amide bonds. The maximum absolute atomic E-state index is 11.3. The van der Waals surface area contributed by atoms with Gasteiger partial charge in [0.25, 0.3) is 0 Å². The van der Waals surface area contributed by atoms with E-state index in [2.05, 4.69) is 19.7 Å². The van der Waals surface area contributed by atoms with Crippen molar-refractivity contribution >= 4 is 23.7 Å². The molecule has 2 aromatic heterocycles. The van der Waals surface area contributed by atoms with Gasteiger partial charge in [0.1, 0.15) is 10.1 Å². The minimum Gasteiger partial charge on any atom is -0.478 e. The number of nitrogens with zero attached hydrogens (tertiary/aromatic N) is 3. The fraction of sp³-hybridized carbons (Fsp3) is 0.0833. The fourth-order valence-corrected chi connectivity index (χ4v) is 2.17. The number of aromatic carboxylic acids is 1. The quantitative estimate of drug-likeness (QED) is 0.845. The highest BCUT2D eigenvalue weighted by atomic mass is 32.2. The molecule has 0 unspecified atom stereocenters. The van der Waals surface area contributed by atoms with Gasteiger partial charge in [0.15, 0.2) is 5.69 Å². The largest absolute Gasteiger partial charge is 0.478 e. The van der Waals surface area contributed by atoms with Gasteiger partial charge in [0, 0.05) is 6.20 Å². The number of carbonyl (C=O) groups excluding carboxylic acids is 1. The van der Waals surface area contributed by atoms with Gasteiger partial charge in [-0.05, 0) is 23.9 Å². The van der Waals surface area contributed by atoms with Crippen LogP contribution in [0.1, 0.15) is 20.8 Å². The highest BCUT2D eigenvalue weighted by Crippen LogP contribution is 2.26. The first kappa shape index (κ1) is 13.9. The molecule has 2 aromatic rings. The summed E-state index contributed by atoms with van der Waals surface area (Å²) in [6.45, 7) is 0. The molecule has 0 aliphatic heterocycles. The number of hydrogen-bond acceptors (Lipinski definition) is 7. The van der Waals surface area contributed by atoms with Gasteiger partial charge in [-0.2, -0.15) is 0 Å². The van der Waals surface area contributed by atoms with Crippen LogP contribution in [-0.4, -0.2) is 39.1 Å². The van der Waals surface area contributed by atoms with E-state index in [0.29, 0.717) is 5.03 Å². The molecule has 0 bridgehead atoms. The SMILES string of the molecule is COC(=O)c1cncc(Sc2ncccc2C(=O)O)n1. The van der Waals surface area contributed by atoms with Crippen molar-refractivity contribution in [2.45, 2.75) is 10.1 Å². The van der Waals surface area contributed by atoms with Gasteiger partial charge in [-0.3, -0.25) is 4.98 Å². The van der Waals surface area contributed by atoms with Crippen LogP contribution in [0.4, 0.5) is 0 Å². The van der Waals surface area contributed by atoms with Crippen LogP contribution in [-0.2, 0) is 4.74 Å². The molecule has 8 heteroatoms. The van der Waals surface area contributed by atoms with E-state index in [4.69, 9.17) is 5.11 Å². The Morgan fingerprint density at radius 2 is 2.15 bits per heavy atom. The van der Waals surface area contributed by atoms with Crippen LogP contribution in [0, 0.1) is 0 Å². The van der Waals surface area contributed by atoms with E-state index in [1.807, 2.05) is 0 Å². The summed E-state index contributed by atoms with van der Waals surface area (Å²) in [5, 5.41) is 9.69. The van der Waals surface area contributed by atoms with E-state index in [1.54, 1.807) is 0 Å². The Labute approximate surface area is 118 Å².